The molecule has 0 amide bonds. The molecule has 1 atom stereocenters. The summed E-state index contributed by atoms with van der Waals surface area (Å²) in [6, 6.07) is 1.19. The van der Waals surface area contributed by atoms with E-state index >= 15 is 0 Å². The van der Waals surface area contributed by atoms with Gasteiger partial charge in [-0.3, -0.25) is 9.80 Å². The van der Waals surface area contributed by atoms with E-state index in [-0.39, 0.29) is 5.54 Å². The van der Waals surface area contributed by atoms with Crippen LogP contribution in [-0.4, -0.2) is 62.2 Å². The molecule has 6 heteroatoms. The summed E-state index contributed by atoms with van der Waals surface area (Å²) in [4.78, 5) is 5.34. The Morgan fingerprint density at radius 2 is 1.75 bits per heavy atom. The first-order chi connectivity index (χ1) is 11.5. The van der Waals surface area contributed by atoms with Crippen LogP contribution in [0.25, 0.3) is 0 Å². The number of piperazine rings is 1. The third-order valence-corrected chi connectivity index (χ3v) is 5.62. The second-order valence-electron chi connectivity index (χ2n) is 8.43. The summed E-state index contributed by atoms with van der Waals surface area (Å²) in [5.41, 5.74) is -0.0729. The van der Waals surface area contributed by atoms with Gasteiger partial charge in [-0.25, -0.2) is 4.68 Å². The molecule has 24 heavy (non-hydrogen) atoms. The van der Waals surface area contributed by atoms with Crippen LogP contribution in [-0.2, 0) is 5.54 Å². The van der Waals surface area contributed by atoms with E-state index in [1.807, 2.05) is 4.68 Å². The lowest BCUT2D eigenvalue weighted by Gasteiger charge is -2.41. The van der Waals surface area contributed by atoms with E-state index in [9.17, 15) is 0 Å². The average Bonchev–Trinajstić information content (AvgIpc) is 3.23. The number of rotatable bonds is 5. The molecule has 1 aromatic rings. The Hall–Kier alpha value is -1.01. The summed E-state index contributed by atoms with van der Waals surface area (Å²) in [7, 11) is 0. The topological polar surface area (TPSA) is 50.1 Å². The highest BCUT2D eigenvalue weighted by molar-refractivity contribution is 4.98. The van der Waals surface area contributed by atoms with Crippen molar-refractivity contribution in [2.75, 3.05) is 26.2 Å². The molecule has 6 nitrogen and oxygen atoms in total. The summed E-state index contributed by atoms with van der Waals surface area (Å²) in [6.07, 6.45) is 7.93. The molecule has 1 unspecified atom stereocenters. The Morgan fingerprint density at radius 1 is 1.08 bits per heavy atom. The third-order valence-electron chi connectivity index (χ3n) is 5.62. The van der Waals surface area contributed by atoms with Gasteiger partial charge in [-0.1, -0.05) is 26.2 Å². The number of nitrogens with zero attached hydrogens (tertiary/aromatic N) is 6. The number of hydrogen-bond donors (Lipinski definition) is 0. The predicted octanol–water partition coefficient (Wildman–Crippen LogP) is 2.83. The molecule has 0 bridgehead atoms. The van der Waals surface area contributed by atoms with Gasteiger partial charge in [0.15, 0.2) is 5.82 Å². The second-order valence-corrected chi connectivity index (χ2v) is 8.43. The van der Waals surface area contributed by atoms with E-state index in [0.717, 1.165) is 37.8 Å². The van der Waals surface area contributed by atoms with Crippen LogP contribution in [0.4, 0.5) is 0 Å². The predicted molar refractivity (Wildman–Crippen MR) is 95.9 cm³/mol. The van der Waals surface area contributed by atoms with Crippen LogP contribution in [0.5, 0.6) is 0 Å². The molecule has 2 fully saturated rings. The summed E-state index contributed by atoms with van der Waals surface area (Å²) in [5.74, 6) is 1.04. The Bertz CT molecular complexity index is 506. The summed E-state index contributed by atoms with van der Waals surface area (Å²) >= 11 is 0. The first-order valence-corrected chi connectivity index (χ1v) is 9.77. The number of tetrazole rings is 1. The molecule has 0 N–H and O–H groups in total. The third kappa shape index (κ3) is 3.80. The van der Waals surface area contributed by atoms with Crippen molar-refractivity contribution in [1.29, 1.82) is 0 Å². The van der Waals surface area contributed by atoms with Crippen molar-refractivity contribution in [3.8, 4) is 0 Å². The molecule has 2 heterocycles. The van der Waals surface area contributed by atoms with Gasteiger partial charge >= 0.3 is 0 Å². The van der Waals surface area contributed by atoms with Gasteiger partial charge in [-0.05, 0) is 50.5 Å². The SMILES string of the molecule is CCCC(c1nnnn1C(C)(C)C)N1CCN(C2CCCC2)CC1. The molecule has 136 valence electrons. The normalized spacial score (nSPS) is 23.0. The zero-order valence-corrected chi connectivity index (χ0v) is 15.9. The van der Waals surface area contributed by atoms with Crippen molar-refractivity contribution in [3.05, 3.63) is 5.82 Å². The molecular weight excluding hydrogens is 300 g/mol. The van der Waals surface area contributed by atoms with Crippen molar-refractivity contribution in [3.63, 3.8) is 0 Å². The molecular formula is C18H34N6. The van der Waals surface area contributed by atoms with E-state index in [2.05, 4.69) is 53.0 Å². The maximum Gasteiger partial charge on any atom is 0.168 e. The molecule has 1 saturated heterocycles. The summed E-state index contributed by atoms with van der Waals surface area (Å²) in [6.45, 7) is 13.4. The van der Waals surface area contributed by atoms with Gasteiger partial charge in [0.2, 0.25) is 0 Å². The largest absolute Gasteiger partial charge is 0.298 e. The van der Waals surface area contributed by atoms with Gasteiger partial charge in [0.05, 0.1) is 11.6 Å². The molecule has 1 aromatic heterocycles. The van der Waals surface area contributed by atoms with Gasteiger partial charge in [-0.2, -0.15) is 0 Å². The Kier molecular flexibility index (Phi) is 5.55. The maximum atomic E-state index is 4.42. The van der Waals surface area contributed by atoms with Crippen LogP contribution in [0.1, 0.15) is 78.1 Å². The quantitative estimate of drug-likeness (QED) is 0.829. The monoisotopic (exact) mass is 334 g/mol. The average molecular weight is 335 g/mol. The van der Waals surface area contributed by atoms with Gasteiger partial charge < -0.3 is 0 Å². The minimum absolute atomic E-state index is 0.0729. The first-order valence-electron chi connectivity index (χ1n) is 9.77. The maximum absolute atomic E-state index is 4.42. The van der Waals surface area contributed by atoms with Crippen molar-refractivity contribution in [2.24, 2.45) is 0 Å². The van der Waals surface area contributed by atoms with Gasteiger partial charge in [0, 0.05) is 32.2 Å². The fourth-order valence-electron chi connectivity index (χ4n) is 4.31. The fraction of sp³-hybridized carbons (Fsp3) is 0.944. The zero-order valence-electron chi connectivity index (χ0n) is 15.9. The van der Waals surface area contributed by atoms with Gasteiger partial charge in [0.1, 0.15) is 0 Å². The van der Waals surface area contributed by atoms with Crippen LogP contribution in [0, 0.1) is 0 Å². The molecule has 1 aliphatic carbocycles. The van der Waals surface area contributed by atoms with Gasteiger partial charge in [-0.15, -0.1) is 5.10 Å². The number of aromatic nitrogens is 4. The van der Waals surface area contributed by atoms with Crippen LogP contribution < -0.4 is 0 Å². The first kappa shape index (κ1) is 17.8. The molecule has 1 aliphatic heterocycles. The second kappa shape index (κ2) is 7.48. The lowest BCUT2D eigenvalue weighted by molar-refractivity contribution is 0.0609. The van der Waals surface area contributed by atoms with E-state index in [1.165, 1.54) is 38.8 Å². The highest BCUT2D eigenvalue weighted by Crippen LogP contribution is 2.30. The van der Waals surface area contributed by atoms with Crippen LogP contribution in [0.2, 0.25) is 0 Å². The molecule has 3 rings (SSSR count). The zero-order chi connectivity index (χ0) is 17.2. The summed E-state index contributed by atoms with van der Waals surface area (Å²) in [5, 5.41) is 12.7. The summed E-state index contributed by atoms with van der Waals surface area (Å²) < 4.78 is 2.02. The minimum Gasteiger partial charge on any atom is -0.298 e. The molecule has 0 radical (unpaired) electrons. The molecule has 0 aromatic carbocycles. The van der Waals surface area contributed by atoms with E-state index < -0.39 is 0 Å². The molecule has 0 spiro atoms. The smallest absolute Gasteiger partial charge is 0.168 e. The van der Waals surface area contributed by atoms with E-state index in [1.54, 1.807) is 0 Å². The van der Waals surface area contributed by atoms with Crippen molar-refractivity contribution in [1.82, 2.24) is 30.0 Å². The Morgan fingerprint density at radius 3 is 2.33 bits per heavy atom. The Balaban J connectivity index is 1.70. The lowest BCUT2D eigenvalue weighted by atomic mass is 10.0. The van der Waals surface area contributed by atoms with Crippen LogP contribution in [0.3, 0.4) is 0 Å². The lowest BCUT2D eigenvalue weighted by Crippen LogP contribution is -2.51. The Labute approximate surface area is 146 Å². The van der Waals surface area contributed by atoms with Crippen molar-refractivity contribution in [2.45, 2.75) is 83.8 Å². The molecule has 1 saturated carbocycles. The van der Waals surface area contributed by atoms with Crippen molar-refractivity contribution >= 4 is 0 Å². The highest BCUT2D eigenvalue weighted by atomic mass is 15.6. The van der Waals surface area contributed by atoms with Crippen molar-refractivity contribution < 1.29 is 0 Å². The highest BCUT2D eigenvalue weighted by Gasteiger charge is 2.33. The number of hydrogen-bond acceptors (Lipinski definition) is 5. The van der Waals surface area contributed by atoms with Crippen LogP contribution in [0.15, 0.2) is 0 Å². The van der Waals surface area contributed by atoms with E-state index in [0.29, 0.717) is 6.04 Å². The molecule has 2 aliphatic rings. The van der Waals surface area contributed by atoms with Crippen LogP contribution >= 0.6 is 0 Å². The van der Waals surface area contributed by atoms with E-state index in [4.69, 9.17) is 0 Å². The standard InChI is InChI=1S/C18H34N6/c1-5-8-16(17-19-20-21-24(17)18(2,3)4)23-13-11-22(12-14-23)15-9-6-7-10-15/h15-16H,5-14H2,1-4H3. The van der Waals surface area contributed by atoms with Gasteiger partial charge in [0.25, 0.3) is 0 Å². The minimum atomic E-state index is -0.0729. The fourth-order valence-corrected chi connectivity index (χ4v) is 4.31.